The van der Waals surface area contributed by atoms with Crippen molar-refractivity contribution in [1.82, 2.24) is 4.90 Å². The van der Waals surface area contributed by atoms with Gasteiger partial charge in [0.05, 0.1) is 17.3 Å². The van der Waals surface area contributed by atoms with E-state index >= 15 is 0 Å². The third-order valence-corrected chi connectivity index (χ3v) is 8.19. The van der Waals surface area contributed by atoms with E-state index in [1.807, 2.05) is 19.9 Å². The van der Waals surface area contributed by atoms with Crippen LogP contribution in [0.2, 0.25) is 0 Å². The molecule has 1 heterocycles. The van der Waals surface area contributed by atoms with Gasteiger partial charge >= 0.3 is 5.97 Å². The van der Waals surface area contributed by atoms with Crippen LogP contribution in [0.3, 0.4) is 0 Å². The number of benzene rings is 2. The second-order valence-corrected chi connectivity index (χ2v) is 10.5. The molecule has 2 aromatic carbocycles. The molecular weight excluding hydrogens is 445 g/mol. The number of aromatic carboxylic acids is 1. The maximum Gasteiger partial charge on any atom is 0.339 e. The first kappa shape index (κ1) is 23.4. The van der Waals surface area contributed by atoms with Crippen LogP contribution in [0.15, 0.2) is 41.3 Å². The number of carboxylic acid groups (broad SMARTS) is 1. The van der Waals surface area contributed by atoms with E-state index in [0.717, 1.165) is 31.1 Å². The quantitative estimate of drug-likeness (QED) is 0.545. The Kier molecular flexibility index (Phi) is 6.59. The Morgan fingerprint density at radius 2 is 2.00 bits per heavy atom. The average Bonchev–Trinajstić information content (AvgIpc) is 3.56. The van der Waals surface area contributed by atoms with Crippen molar-refractivity contribution in [3.05, 3.63) is 64.5 Å². The zero-order valence-corrected chi connectivity index (χ0v) is 19.6. The predicted molar refractivity (Wildman–Crippen MR) is 124 cm³/mol. The second kappa shape index (κ2) is 9.27. The lowest BCUT2D eigenvalue weighted by molar-refractivity contribution is 0.0690. The summed E-state index contributed by atoms with van der Waals surface area (Å²) in [6, 6.07) is 6.89. The molecule has 2 atom stereocenters. The van der Waals surface area contributed by atoms with Crippen molar-refractivity contribution in [3.8, 4) is 5.75 Å². The van der Waals surface area contributed by atoms with Gasteiger partial charge in [-0.05, 0) is 60.3 Å². The Bertz CT molecular complexity index is 1200. The third kappa shape index (κ3) is 4.82. The number of hydrogen-bond acceptors (Lipinski definition) is 5. The molecule has 0 aromatic heterocycles. The van der Waals surface area contributed by atoms with Gasteiger partial charge in [-0.3, -0.25) is 0 Å². The fraction of sp³-hybridized carbons (Fsp3) is 0.400. The number of sulfone groups is 1. The molecule has 0 saturated heterocycles. The molecule has 0 unspecified atom stereocenters. The van der Waals surface area contributed by atoms with E-state index in [1.165, 1.54) is 12.1 Å². The molecule has 8 heteroatoms. The van der Waals surface area contributed by atoms with Crippen LogP contribution in [-0.4, -0.2) is 50.6 Å². The van der Waals surface area contributed by atoms with E-state index in [2.05, 4.69) is 4.90 Å². The third-order valence-electron chi connectivity index (χ3n) is 6.46. The van der Waals surface area contributed by atoms with Gasteiger partial charge in [-0.25, -0.2) is 17.6 Å². The Hall–Kier alpha value is -2.71. The number of rotatable bonds is 9. The minimum atomic E-state index is -3.96. The van der Waals surface area contributed by atoms with Crippen LogP contribution in [-0.2, 0) is 15.6 Å². The highest BCUT2D eigenvalue weighted by atomic mass is 32.2. The van der Waals surface area contributed by atoms with E-state index in [9.17, 15) is 22.7 Å². The summed E-state index contributed by atoms with van der Waals surface area (Å²) in [7, 11) is -3.96. The van der Waals surface area contributed by atoms with Crippen molar-refractivity contribution in [1.29, 1.82) is 0 Å². The van der Waals surface area contributed by atoms with Crippen LogP contribution in [0.25, 0.3) is 6.08 Å². The fourth-order valence-corrected chi connectivity index (χ4v) is 6.04. The molecule has 0 bridgehead atoms. The van der Waals surface area contributed by atoms with Crippen molar-refractivity contribution in [2.45, 2.75) is 36.8 Å². The maximum absolute atomic E-state index is 13.9. The molecule has 2 aliphatic rings. The minimum Gasteiger partial charge on any atom is -0.492 e. The summed E-state index contributed by atoms with van der Waals surface area (Å²) in [5, 5.41) is 9.85. The van der Waals surface area contributed by atoms with Gasteiger partial charge in [0, 0.05) is 12.5 Å². The summed E-state index contributed by atoms with van der Waals surface area (Å²) < 4.78 is 46.4. The van der Waals surface area contributed by atoms with Gasteiger partial charge < -0.3 is 14.7 Å². The van der Waals surface area contributed by atoms with Gasteiger partial charge in [-0.2, -0.15) is 0 Å². The van der Waals surface area contributed by atoms with E-state index in [-0.39, 0.29) is 33.3 Å². The molecule has 4 rings (SSSR count). The van der Waals surface area contributed by atoms with Crippen LogP contribution in [0.1, 0.15) is 53.2 Å². The molecule has 0 spiro atoms. The fourth-order valence-electron chi connectivity index (χ4n) is 4.47. The maximum atomic E-state index is 13.9. The highest BCUT2D eigenvalue weighted by Crippen LogP contribution is 2.55. The number of nitrogens with zero attached hydrogens (tertiary/aromatic N) is 1. The summed E-state index contributed by atoms with van der Waals surface area (Å²) >= 11 is 0. The highest BCUT2D eigenvalue weighted by molar-refractivity contribution is 7.90. The molecule has 1 aliphatic heterocycles. The lowest BCUT2D eigenvalue weighted by Gasteiger charge is -2.21. The Balaban J connectivity index is 1.68. The number of likely N-dealkylation sites (N-methyl/N-ethyl adjacent to an activating group) is 1. The molecule has 2 aromatic rings. The molecule has 1 aliphatic carbocycles. The first-order chi connectivity index (χ1) is 15.7. The topological polar surface area (TPSA) is 83.9 Å². The van der Waals surface area contributed by atoms with Gasteiger partial charge in [-0.15, -0.1) is 0 Å². The van der Waals surface area contributed by atoms with Gasteiger partial charge in [0.15, 0.2) is 9.84 Å². The predicted octanol–water partition coefficient (Wildman–Crippen LogP) is 4.35. The van der Waals surface area contributed by atoms with Crippen molar-refractivity contribution in [3.63, 3.8) is 0 Å². The second-order valence-electron chi connectivity index (χ2n) is 8.57. The smallest absolute Gasteiger partial charge is 0.339 e. The SMILES string of the molecule is CCN(CC)C/C=C\c1cc(F)ccc1S(=O)(=O)Cc1ccc2c(c1C(=O)O)OC[C@@H]1C[C@H]21. The van der Waals surface area contributed by atoms with Gasteiger partial charge in [0.25, 0.3) is 0 Å². The number of halogens is 1. The van der Waals surface area contributed by atoms with Crippen molar-refractivity contribution in [2.75, 3.05) is 26.2 Å². The van der Waals surface area contributed by atoms with E-state index in [0.29, 0.717) is 19.1 Å². The first-order valence-electron chi connectivity index (χ1n) is 11.2. The molecule has 176 valence electrons. The summed E-state index contributed by atoms with van der Waals surface area (Å²) in [6.07, 6.45) is 4.38. The molecule has 1 N–H and O–H groups in total. The van der Waals surface area contributed by atoms with Crippen LogP contribution in [0, 0.1) is 11.7 Å². The lowest BCUT2D eigenvalue weighted by atomic mass is 9.98. The van der Waals surface area contributed by atoms with E-state index in [1.54, 1.807) is 18.2 Å². The van der Waals surface area contributed by atoms with Crippen LogP contribution in [0.5, 0.6) is 5.75 Å². The van der Waals surface area contributed by atoms with Crippen molar-refractivity contribution in [2.24, 2.45) is 5.92 Å². The van der Waals surface area contributed by atoms with Crippen LogP contribution < -0.4 is 4.74 Å². The number of ether oxygens (including phenoxy) is 1. The van der Waals surface area contributed by atoms with Gasteiger partial charge in [0.1, 0.15) is 17.1 Å². The minimum absolute atomic E-state index is 0.0306. The Morgan fingerprint density at radius 3 is 2.70 bits per heavy atom. The number of carboxylic acids is 1. The first-order valence-corrected chi connectivity index (χ1v) is 12.8. The van der Waals surface area contributed by atoms with Crippen LogP contribution in [0.4, 0.5) is 4.39 Å². The molecular formula is C25H28FNO5S. The van der Waals surface area contributed by atoms with E-state index < -0.39 is 27.4 Å². The summed E-state index contributed by atoms with van der Waals surface area (Å²) in [6.45, 7) is 6.80. The van der Waals surface area contributed by atoms with Crippen LogP contribution >= 0.6 is 0 Å². The lowest BCUT2D eigenvalue weighted by Crippen LogP contribution is -2.22. The zero-order valence-electron chi connectivity index (χ0n) is 18.8. The molecule has 6 nitrogen and oxygen atoms in total. The molecule has 1 saturated carbocycles. The molecule has 0 amide bonds. The number of carbonyl (C=O) groups is 1. The Labute approximate surface area is 193 Å². The summed E-state index contributed by atoms with van der Waals surface area (Å²) in [5.41, 5.74) is 1.16. The largest absolute Gasteiger partial charge is 0.492 e. The zero-order chi connectivity index (χ0) is 23.8. The standard InChI is InChI=1S/C25H28FNO5S/c1-3-27(4-2)11-5-6-16-12-19(26)8-10-22(16)33(30,31)15-17-7-9-20-21-13-18(21)14-32-24(20)23(17)25(28)29/h5-10,12,18,21H,3-4,11,13-15H2,1-2H3,(H,28,29)/b6-5-/t18-,21-/m0/s1. The Morgan fingerprint density at radius 1 is 1.24 bits per heavy atom. The number of hydrogen-bond donors (Lipinski definition) is 1. The highest BCUT2D eigenvalue weighted by Gasteiger charge is 2.45. The van der Waals surface area contributed by atoms with Gasteiger partial charge in [-0.1, -0.05) is 38.1 Å². The van der Waals surface area contributed by atoms with Crippen molar-refractivity contribution < 1.29 is 27.4 Å². The molecule has 0 radical (unpaired) electrons. The normalized spacial score (nSPS) is 19.3. The average molecular weight is 474 g/mol. The van der Waals surface area contributed by atoms with Gasteiger partial charge in [0.2, 0.25) is 0 Å². The van der Waals surface area contributed by atoms with E-state index in [4.69, 9.17) is 4.74 Å². The monoisotopic (exact) mass is 473 g/mol. The molecule has 33 heavy (non-hydrogen) atoms. The summed E-state index contributed by atoms with van der Waals surface area (Å²) in [5.74, 6) is -1.27. The van der Waals surface area contributed by atoms with Crippen molar-refractivity contribution >= 4 is 21.9 Å². The number of fused-ring (bicyclic) bond motifs is 3. The molecule has 1 fully saturated rings. The summed E-state index contributed by atoms with van der Waals surface area (Å²) in [4.78, 5) is 14.2.